The number of rotatable bonds is 8. The molecule has 11 heteroatoms. The molecular formula is C46H51N5O6. The van der Waals surface area contributed by atoms with Crippen molar-refractivity contribution in [1.82, 2.24) is 15.1 Å². The van der Waals surface area contributed by atoms with Crippen LogP contribution in [-0.2, 0) is 16.1 Å². The average molecular weight is 770 g/mol. The standard InChI is InChI=1S/C46H51N5O6/c1-29-43(32-4-3-5-37(25-32)56-2)44(39-13-11-36(52)26-41(39)57-29)31-6-8-34(9-7-31)49-18-16-30(17-19-49)27-48-20-22-50(23-21-48)35-10-12-38-33(24-35)28-51(46(38)55)40-14-15-42(53)47-45(40)54/h3-13,24-26,29-30,40,43-44,52H,14-23,27-28H2,1-2H3,(H,47,53,54)/t29-,40?,43?,44?/m0/s1. The number of fused-ring (bicyclic) bond motifs is 2. The first-order valence-corrected chi connectivity index (χ1v) is 20.5. The van der Waals surface area contributed by atoms with E-state index < -0.39 is 6.04 Å². The highest BCUT2D eigenvalue weighted by Crippen LogP contribution is 2.50. The number of ether oxygens (including phenoxy) is 2. The number of piperazine rings is 1. The number of methoxy groups -OCH3 is 1. The Morgan fingerprint density at radius 2 is 1.56 bits per heavy atom. The second kappa shape index (κ2) is 15.4. The summed E-state index contributed by atoms with van der Waals surface area (Å²) < 4.78 is 12.0. The lowest BCUT2D eigenvalue weighted by atomic mass is 9.73. The molecule has 0 aromatic heterocycles. The van der Waals surface area contributed by atoms with Crippen LogP contribution in [0.2, 0.25) is 0 Å². The number of phenols is 1. The van der Waals surface area contributed by atoms with E-state index in [1.807, 2.05) is 30.3 Å². The number of piperidine rings is 2. The van der Waals surface area contributed by atoms with Gasteiger partial charge in [0.1, 0.15) is 29.4 Å². The highest BCUT2D eigenvalue weighted by molar-refractivity contribution is 6.05. The van der Waals surface area contributed by atoms with E-state index in [0.29, 0.717) is 24.4 Å². The van der Waals surface area contributed by atoms with Crippen LogP contribution in [-0.4, -0.2) is 97.7 Å². The van der Waals surface area contributed by atoms with Crippen molar-refractivity contribution in [3.05, 3.63) is 113 Å². The minimum atomic E-state index is -0.594. The number of carbonyl (C=O) groups excluding carboxylic acids is 3. The van der Waals surface area contributed by atoms with Gasteiger partial charge < -0.3 is 29.3 Å². The molecule has 0 radical (unpaired) electrons. The predicted molar refractivity (Wildman–Crippen MR) is 218 cm³/mol. The van der Waals surface area contributed by atoms with E-state index in [4.69, 9.17) is 9.47 Å². The molecule has 5 aliphatic heterocycles. The number of nitrogens with one attached hydrogen (secondary N) is 1. The molecule has 3 saturated heterocycles. The number of phenolic OH excluding ortho intramolecular Hbond substituents is 1. The number of aromatic hydroxyl groups is 1. The van der Waals surface area contributed by atoms with Crippen LogP contribution in [0.3, 0.4) is 0 Å². The van der Waals surface area contributed by atoms with Crippen molar-refractivity contribution >= 4 is 29.1 Å². The number of hydrogen-bond acceptors (Lipinski definition) is 9. The van der Waals surface area contributed by atoms with Gasteiger partial charge in [0.2, 0.25) is 11.8 Å². The molecule has 3 unspecified atom stereocenters. The van der Waals surface area contributed by atoms with Crippen LogP contribution < -0.4 is 24.6 Å². The Morgan fingerprint density at radius 3 is 2.32 bits per heavy atom. The third-order valence-corrected chi connectivity index (χ3v) is 13.0. The topological polar surface area (TPSA) is 115 Å². The second-order valence-electron chi connectivity index (χ2n) is 16.4. The van der Waals surface area contributed by atoms with Gasteiger partial charge in [0.05, 0.1) is 7.11 Å². The lowest BCUT2D eigenvalue weighted by molar-refractivity contribution is -0.136. The highest BCUT2D eigenvalue weighted by Gasteiger charge is 2.40. The van der Waals surface area contributed by atoms with Crippen molar-refractivity contribution in [1.29, 1.82) is 0 Å². The second-order valence-corrected chi connectivity index (χ2v) is 16.4. The lowest BCUT2D eigenvalue weighted by Gasteiger charge is -2.40. The molecule has 4 aromatic carbocycles. The molecule has 0 aliphatic carbocycles. The highest BCUT2D eigenvalue weighted by atomic mass is 16.5. The van der Waals surface area contributed by atoms with Gasteiger partial charge in [-0.05, 0) is 97.3 Å². The molecule has 3 fully saturated rings. The number of amides is 3. The molecule has 4 aromatic rings. The third-order valence-electron chi connectivity index (χ3n) is 13.0. The summed E-state index contributed by atoms with van der Waals surface area (Å²) in [5.41, 5.74) is 7.46. The number of carbonyl (C=O) groups is 3. The summed E-state index contributed by atoms with van der Waals surface area (Å²) in [7, 11) is 1.70. The summed E-state index contributed by atoms with van der Waals surface area (Å²) in [5, 5.41) is 12.7. The molecule has 0 spiro atoms. The Hall–Kier alpha value is -5.55. The number of hydrogen-bond donors (Lipinski definition) is 2. The Bertz CT molecular complexity index is 2160. The van der Waals surface area contributed by atoms with E-state index in [-0.39, 0.29) is 47.8 Å². The smallest absolute Gasteiger partial charge is 0.255 e. The molecule has 57 heavy (non-hydrogen) atoms. The SMILES string of the molecule is COc1cccc(C2C(c3ccc(N4CCC(CN5CCN(c6ccc7c(c6)CN(C6CCC(=O)NC6=O)C7=O)CC5)CC4)cc3)c3ccc(O)cc3O[C@H]2C)c1. The van der Waals surface area contributed by atoms with Gasteiger partial charge in [-0.1, -0.05) is 30.3 Å². The maximum absolute atomic E-state index is 13.2. The molecule has 5 heterocycles. The van der Waals surface area contributed by atoms with Crippen molar-refractivity contribution in [3.63, 3.8) is 0 Å². The van der Waals surface area contributed by atoms with Gasteiger partial charge in [-0.2, -0.15) is 0 Å². The van der Waals surface area contributed by atoms with Crippen molar-refractivity contribution in [2.45, 2.75) is 63.1 Å². The molecule has 2 N–H and O–H groups in total. The molecule has 11 nitrogen and oxygen atoms in total. The van der Waals surface area contributed by atoms with Crippen LogP contribution in [0.25, 0.3) is 0 Å². The zero-order valence-corrected chi connectivity index (χ0v) is 32.7. The number of benzene rings is 4. The fraction of sp³-hybridized carbons (Fsp3) is 0.413. The van der Waals surface area contributed by atoms with Crippen LogP contribution in [0.4, 0.5) is 11.4 Å². The Balaban J connectivity index is 0.796. The number of anilines is 2. The number of nitrogens with zero attached hydrogens (tertiary/aromatic N) is 4. The number of imide groups is 1. The summed E-state index contributed by atoms with van der Waals surface area (Å²) in [6.45, 7) is 9.58. The van der Waals surface area contributed by atoms with Gasteiger partial charge in [-0.25, -0.2) is 0 Å². The Labute approximate surface area is 334 Å². The van der Waals surface area contributed by atoms with Crippen LogP contribution in [0.5, 0.6) is 17.2 Å². The molecular weight excluding hydrogens is 719 g/mol. The average Bonchev–Trinajstić information content (AvgIpc) is 3.55. The van der Waals surface area contributed by atoms with E-state index in [9.17, 15) is 19.5 Å². The van der Waals surface area contributed by atoms with E-state index in [1.165, 1.54) is 16.8 Å². The summed E-state index contributed by atoms with van der Waals surface area (Å²) >= 11 is 0. The quantitative estimate of drug-likeness (QED) is 0.212. The maximum atomic E-state index is 13.2. The fourth-order valence-corrected chi connectivity index (χ4v) is 9.90. The van der Waals surface area contributed by atoms with E-state index >= 15 is 0 Å². The van der Waals surface area contributed by atoms with Crippen LogP contribution in [0.15, 0.2) is 84.9 Å². The van der Waals surface area contributed by atoms with Gasteiger partial charge in [0.25, 0.3) is 5.91 Å². The van der Waals surface area contributed by atoms with E-state index in [2.05, 4.69) is 69.4 Å². The molecule has 5 aliphatic rings. The van der Waals surface area contributed by atoms with Crippen molar-refractivity contribution in [2.75, 3.05) is 62.7 Å². The fourth-order valence-electron chi connectivity index (χ4n) is 9.90. The van der Waals surface area contributed by atoms with Crippen molar-refractivity contribution < 1.29 is 29.0 Å². The zero-order chi connectivity index (χ0) is 39.2. The van der Waals surface area contributed by atoms with Crippen molar-refractivity contribution in [3.8, 4) is 17.2 Å². The first-order valence-electron chi connectivity index (χ1n) is 20.5. The van der Waals surface area contributed by atoms with E-state index in [0.717, 1.165) is 87.0 Å². The predicted octanol–water partition coefficient (Wildman–Crippen LogP) is 5.90. The van der Waals surface area contributed by atoms with Crippen LogP contribution in [0, 0.1) is 5.92 Å². The summed E-state index contributed by atoms with van der Waals surface area (Å²) in [6.07, 6.45) is 2.85. The normalized spacial score (nSPS) is 24.2. The molecule has 4 atom stereocenters. The Morgan fingerprint density at radius 1 is 0.807 bits per heavy atom. The van der Waals surface area contributed by atoms with Gasteiger partial charge in [0, 0.05) is 99.2 Å². The van der Waals surface area contributed by atoms with Gasteiger partial charge in [-0.15, -0.1) is 0 Å². The molecule has 0 saturated carbocycles. The van der Waals surface area contributed by atoms with Crippen LogP contribution >= 0.6 is 0 Å². The zero-order valence-electron chi connectivity index (χ0n) is 32.7. The largest absolute Gasteiger partial charge is 0.508 e. The first-order chi connectivity index (χ1) is 27.7. The van der Waals surface area contributed by atoms with Gasteiger partial charge >= 0.3 is 0 Å². The minimum absolute atomic E-state index is 0.0546. The van der Waals surface area contributed by atoms with E-state index in [1.54, 1.807) is 24.1 Å². The summed E-state index contributed by atoms with van der Waals surface area (Å²) in [5.74, 6) is 1.78. The monoisotopic (exact) mass is 769 g/mol. The first kappa shape index (κ1) is 37.1. The molecule has 0 bridgehead atoms. The van der Waals surface area contributed by atoms with Crippen molar-refractivity contribution in [2.24, 2.45) is 5.92 Å². The summed E-state index contributed by atoms with van der Waals surface area (Å²) in [6, 6.07) is 28.4. The summed E-state index contributed by atoms with van der Waals surface area (Å²) in [4.78, 5) is 46.4. The molecule has 296 valence electrons. The lowest BCUT2D eigenvalue weighted by Crippen LogP contribution is -2.52. The minimum Gasteiger partial charge on any atom is -0.508 e. The van der Waals surface area contributed by atoms with Crippen LogP contribution in [0.1, 0.15) is 77.1 Å². The Kier molecular flexibility index (Phi) is 10.0. The van der Waals surface area contributed by atoms with Gasteiger partial charge in [0.15, 0.2) is 0 Å². The molecule has 9 rings (SSSR count). The van der Waals surface area contributed by atoms with Gasteiger partial charge in [-0.3, -0.25) is 24.6 Å². The third kappa shape index (κ3) is 7.29. The molecule has 3 amide bonds. The maximum Gasteiger partial charge on any atom is 0.255 e.